The fourth-order valence-electron chi connectivity index (χ4n) is 2.95. The molecule has 1 fully saturated rings. The lowest BCUT2D eigenvalue weighted by molar-refractivity contribution is -0.117. The molecular formula is C16H24N2O. The Kier molecular flexibility index (Phi) is 4.25. The van der Waals surface area contributed by atoms with Gasteiger partial charge in [-0.1, -0.05) is 37.5 Å². The second kappa shape index (κ2) is 5.74. The molecule has 3 heteroatoms. The number of nitrogens with one attached hydrogen (secondary N) is 1. The van der Waals surface area contributed by atoms with E-state index < -0.39 is 0 Å². The van der Waals surface area contributed by atoms with Gasteiger partial charge in [0.15, 0.2) is 0 Å². The number of rotatable bonds is 3. The molecule has 1 saturated carbocycles. The van der Waals surface area contributed by atoms with Crippen molar-refractivity contribution in [2.75, 3.05) is 5.32 Å². The van der Waals surface area contributed by atoms with E-state index >= 15 is 0 Å². The van der Waals surface area contributed by atoms with Gasteiger partial charge in [-0.25, -0.2) is 0 Å². The van der Waals surface area contributed by atoms with Crippen LogP contribution in [0.2, 0.25) is 0 Å². The summed E-state index contributed by atoms with van der Waals surface area (Å²) in [5.74, 6) is 0.0433. The average molecular weight is 260 g/mol. The number of nitrogens with two attached hydrogens (primary N) is 1. The molecule has 104 valence electrons. The number of hydrogen-bond acceptors (Lipinski definition) is 2. The van der Waals surface area contributed by atoms with Crippen LogP contribution in [0.15, 0.2) is 18.2 Å². The zero-order chi connectivity index (χ0) is 13.9. The van der Waals surface area contributed by atoms with Crippen molar-refractivity contribution in [1.82, 2.24) is 0 Å². The summed E-state index contributed by atoms with van der Waals surface area (Å²) < 4.78 is 0. The first-order chi connectivity index (χ1) is 9.00. The van der Waals surface area contributed by atoms with Gasteiger partial charge in [-0.05, 0) is 37.8 Å². The molecule has 1 aromatic carbocycles. The molecule has 0 saturated heterocycles. The molecule has 19 heavy (non-hydrogen) atoms. The number of amides is 1. The van der Waals surface area contributed by atoms with Gasteiger partial charge in [0.1, 0.15) is 0 Å². The molecule has 0 spiro atoms. The van der Waals surface area contributed by atoms with Crippen molar-refractivity contribution >= 4 is 11.6 Å². The minimum absolute atomic E-state index is 0.0433. The lowest BCUT2D eigenvalue weighted by Gasteiger charge is -2.32. The number of anilines is 1. The van der Waals surface area contributed by atoms with E-state index in [2.05, 4.69) is 5.32 Å². The number of carbonyl (C=O) groups is 1. The Morgan fingerprint density at radius 2 is 1.79 bits per heavy atom. The van der Waals surface area contributed by atoms with E-state index in [0.717, 1.165) is 42.5 Å². The van der Waals surface area contributed by atoms with Gasteiger partial charge in [-0.3, -0.25) is 4.79 Å². The third-order valence-electron chi connectivity index (χ3n) is 4.11. The van der Waals surface area contributed by atoms with Crippen LogP contribution in [-0.2, 0) is 4.79 Å². The molecular weight excluding hydrogens is 236 g/mol. The molecule has 0 bridgehead atoms. The predicted molar refractivity (Wildman–Crippen MR) is 79.2 cm³/mol. The first-order valence-corrected chi connectivity index (χ1v) is 7.15. The molecule has 3 nitrogen and oxygen atoms in total. The maximum atomic E-state index is 12.2. The van der Waals surface area contributed by atoms with Crippen molar-refractivity contribution in [3.63, 3.8) is 0 Å². The lowest BCUT2D eigenvalue weighted by Crippen LogP contribution is -2.44. The Balaban J connectivity index is 2.01. The van der Waals surface area contributed by atoms with Crippen molar-refractivity contribution in [2.45, 2.75) is 57.9 Å². The molecule has 0 aliphatic heterocycles. The molecule has 3 N–H and O–H groups in total. The van der Waals surface area contributed by atoms with Gasteiger partial charge in [-0.2, -0.15) is 0 Å². The average Bonchev–Trinajstić information content (AvgIpc) is 2.34. The molecule has 1 aliphatic carbocycles. The highest BCUT2D eigenvalue weighted by Crippen LogP contribution is 2.29. The number of benzene rings is 1. The molecule has 0 radical (unpaired) electrons. The van der Waals surface area contributed by atoms with Crippen molar-refractivity contribution in [3.8, 4) is 0 Å². The molecule has 0 unspecified atom stereocenters. The van der Waals surface area contributed by atoms with Crippen molar-refractivity contribution in [1.29, 1.82) is 0 Å². The van der Waals surface area contributed by atoms with E-state index in [-0.39, 0.29) is 11.4 Å². The summed E-state index contributed by atoms with van der Waals surface area (Å²) in [6, 6.07) is 6.04. The van der Waals surface area contributed by atoms with Crippen LogP contribution in [0.5, 0.6) is 0 Å². The van der Waals surface area contributed by atoms with Gasteiger partial charge >= 0.3 is 0 Å². The fraction of sp³-hybridized carbons (Fsp3) is 0.562. The molecule has 0 aromatic heterocycles. The van der Waals surface area contributed by atoms with E-state index in [9.17, 15) is 4.79 Å². The highest BCUT2D eigenvalue weighted by molar-refractivity contribution is 5.93. The number of aryl methyl sites for hydroxylation is 2. The van der Waals surface area contributed by atoms with Gasteiger partial charge in [0.25, 0.3) is 0 Å². The monoisotopic (exact) mass is 260 g/mol. The highest BCUT2D eigenvalue weighted by atomic mass is 16.1. The van der Waals surface area contributed by atoms with Crippen LogP contribution in [0, 0.1) is 13.8 Å². The minimum Gasteiger partial charge on any atom is -0.326 e. The first kappa shape index (κ1) is 14.1. The van der Waals surface area contributed by atoms with Gasteiger partial charge in [-0.15, -0.1) is 0 Å². The van der Waals surface area contributed by atoms with Crippen LogP contribution in [0.25, 0.3) is 0 Å². The van der Waals surface area contributed by atoms with Gasteiger partial charge < -0.3 is 11.1 Å². The van der Waals surface area contributed by atoms with Gasteiger partial charge in [0, 0.05) is 17.6 Å². The van der Waals surface area contributed by atoms with Crippen LogP contribution in [0.4, 0.5) is 5.69 Å². The Labute approximate surface area is 115 Å². The minimum atomic E-state index is -0.293. The van der Waals surface area contributed by atoms with Crippen molar-refractivity contribution < 1.29 is 4.79 Å². The summed E-state index contributed by atoms with van der Waals surface area (Å²) in [7, 11) is 0. The highest BCUT2D eigenvalue weighted by Gasteiger charge is 2.30. The normalized spacial score (nSPS) is 18.1. The van der Waals surface area contributed by atoms with Crippen molar-refractivity contribution in [2.24, 2.45) is 5.73 Å². The Bertz CT molecular complexity index is 442. The number of carbonyl (C=O) groups excluding carboxylic acids is 1. The quantitative estimate of drug-likeness (QED) is 0.876. The second-order valence-corrected chi connectivity index (χ2v) is 5.91. The standard InChI is InChI=1S/C16H24N2O/c1-12-7-6-8-13(2)15(12)18-14(19)11-16(17)9-4-3-5-10-16/h6-8H,3-5,9-11,17H2,1-2H3,(H,18,19). The third-order valence-corrected chi connectivity index (χ3v) is 4.11. The molecule has 0 heterocycles. The zero-order valence-electron chi connectivity index (χ0n) is 12.0. The fourth-order valence-corrected chi connectivity index (χ4v) is 2.95. The first-order valence-electron chi connectivity index (χ1n) is 7.15. The summed E-state index contributed by atoms with van der Waals surface area (Å²) in [5, 5.41) is 3.03. The lowest BCUT2D eigenvalue weighted by atomic mass is 9.80. The van der Waals surface area contributed by atoms with Crippen LogP contribution < -0.4 is 11.1 Å². The number of para-hydroxylation sites is 1. The topological polar surface area (TPSA) is 55.1 Å². The Morgan fingerprint density at radius 1 is 1.21 bits per heavy atom. The zero-order valence-corrected chi connectivity index (χ0v) is 12.0. The van der Waals surface area contributed by atoms with Crippen LogP contribution in [0.3, 0.4) is 0 Å². The smallest absolute Gasteiger partial charge is 0.226 e. The van der Waals surface area contributed by atoms with Crippen LogP contribution in [-0.4, -0.2) is 11.4 Å². The molecule has 1 aliphatic rings. The largest absolute Gasteiger partial charge is 0.326 e. The van der Waals surface area contributed by atoms with Crippen LogP contribution >= 0.6 is 0 Å². The van der Waals surface area contributed by atoms with E-state index in [1.807, 2.05) is 32.0 Å². The van der Waals surface area contributed by atoms with E-state index in [1.54, 1.807) is 0 Å². The number of hydrogen-bond donors (Lipinski definition) is 2. The van der Waals surface area contributed by atoms with Crippen LogP contribution in [0.1, 0.15) is 49.7 Å². The summed E-state index contributed by atoms with van der Waals surface area (Å²) in [6.45, 7) is 4.03. The van der Waals surface area contributed by atoms with Crippen molar-refractivity contribution in [3.05, 3.63) is 29.3 Å². The van der Waals surface area contributed by atoms with Gasteiger partial charge in [0.2, 0.25) is 5.91 Å². The second-order valence-electron chi connectivity index (χ2n) is 5.91. The summed E-state index contributed by atoms with van der Waals surface area (Å²) in [5.41, 5.74) is 9.17. The van der Waals surface area contributed by atoms with E-state index in [1.165, 1.54) is 6.42 Å². The van der Waals surface area contributed by atoms with Gasteiger partial charge in [0.05, 0.1) is 0 Å². The Hall–Kier alpha value is -1.35. The molecule has 2 rings (SSSR count). The molecule has 1 amide bonds. The summed E-state index contributed by atoms with van der Waals surface area (Å²) in [4.78, 5) is 12.2. The third kappa shape index (κ3) is 3.57. The Morgan fingerprint density at radius 3 is 2.37 bits per heavy atom. The molecule has 0 atom stereocenters. The van der Waals surface area contributed by atoms with E-state index in [4.69, 9.17) is 5.73 Å². The molecule has 1 aromatic rings. The maximum absolute atomic E-state index is 12.2. The summed E-state index contributed by atoms with van der Waals surface area (Å²) >= 11 is 0. The maximum Gasteiger partial charge on any atom is 0.226 e. The summed E-state index contributed by atoms with van der Waals surface area (Å²) in [6.07, 6.45) is 5.90. The van der Waals surface area contributed by atoms with E-state index in [0.29, 0.717) is 6.42 Å². The SMILES string of the molecule is Cc1cccc(C)c1NC(=O)CC1(N)CCCCC1. The predicted octanol–water partition coefficient (Wildman–Crippen LogP) is 3.29.